The van der Waals surface area contributed by atoms with Crippen LogP contribution in [0.1, 0.15) is 25.3 Å². The van der Waals surface area contributed by atoms with E-state index < -0.39 is 0 Å². The van der Waals surface area contributed by atoms with Crippen LogP contribution in [0.2, 0.25) is 0 Å². The van der Waals surface area contributed by atoms with Crippen LogP contribution in [0.5, 0.6) is 0 Å². The number of carbonyl (C=O) groups is 1. The van der Waals surface area contributed by atoms with Gasteiger partial charge in [-0.25, -0.2) is 0 Å². The van der Waals surface area contributed by atoms with Gasteiger partial charge in [0.05, 0.1) is 16.9 Å². The molecule has 0 bridgehead atoms. The molecule has 0 unspecified atom stereocenters. The maximum Gasteiger partial charge on any atom is 0.293 e. The summed E-state index contributed by atoms with van der Waals surface area (Å²) in [7, 11) is 0. The first-order chi connectivity index (χ1) is 12.0. The van der Waals surface area contributed by atoms with Crippen molar-refractivity contribution in [2.45, 2.75) is 19.8 Å². The van der Waals surface area contributed by atoms with Crippen molar-refractivity contribution in [3.8, 4) is 0 Å². The molecule has 2 heterocycles. The number of anilines is 1. The first-order valence-corrected chi connectivity index (χ1v) is 9.08. The van der Waals surface area contributed by atoms with Crippen LogP contribution in [0.4, 0.5) is 11.4 Å². The largest absolute Gasteiger partial charge is 0.366 e. The topological polar surface area (TPSA) is 100 Å². The minimum atomic E-state index is -0.357. The Hall–Kier alpha value is -2.42. The molecule has 2 saturated heterocycles. The first-order valence-electron chi connectivity index (χ1n) is 8.10. The number of nitrogens with one attached hydrogen (secondary N) is 1. The molecular formula is C16H19N5O3S. The summed E-state index contributed by atoms with van der Waals surface area (Å²) in [4.78, 5) is 24.2. The zero-order chi connectivity index (χ0) is 17.8. The fraction of sp³-hybridized carbons (Fsp3) is 0.438. The molecule has 1 N–H and O–H groups in total. The van der Waals surface area contributed by atoms with Crippen molar-refractivity contribution in [2.24, 2.45) is 16.1 Å². The lowest BCUT2D eigenvalue weighted by Crippen LogP contribution is -2.33. The van der Waals surface area contributed by atoms with Gasteiger partial charge in [0.2, 0.25) is 5.91 Å². The van der Waals surface area contributed by atoms with Gasteiger partial charge in [-0.05, 0) is 24.8 Å². The molecule has 0 spiro atoms. The number of piperidine rings is 1. The van der Waals surface area contributed by atoms with E-state index in [1.165, 1.54) is 24.0 Å². The van der Waals surface area contributed by atoms with Crippen LogP contribution < -0.4 is 10.2 Å². The van der Waals surface area contributed by atoms with Gasteiger partial charge in [0.25, 0.3) is 5.69 Å². The van der Waals surface area contributed by atoms with Crippen molar-refractivity contribution >= 4 is 40.4 Å². The van der Waals surface area contributed by atoms with Crippen LogP contribution in [-0.4, -0.2) is 41.1 Å². The van der Waals surface area contributed by atoms with Gasteiger partial charge >= 0.3 is 0 Å². The van der Waals surface area contributed by atoms with E-state index >= 15 is 0 Å². The van der Waals surface area contributed by atoms with Crippen LogP contribution in [0.3, 0.4) is 0 Å². The van der Waals surface area contributed by atoms with Gasteiger partial charge in [-0.1, -0.05) is 24.8 Å². The number of rotatable bonds is 4. The standard InChI is InChI=1S/C16H19N5O3S/c1-11-4-6-20(7-5-11)13-3-2-12(8-14(13)21(23)24)9-17-19-16-18-15(22)10-25-16/h2-3,8-9,11H,4-7,10H2,1H3,(H,18,19,22). The zero-order valence-corrected chi connectivity index (χ0v) is 14.7. The van der Waals surface area contributed by atoms with Gasteiger partial charge in [0.1, 0.15) is 5.69 Å². The van der Waals surface area contributed by atoms with E-state index in [0.29, 0.717) is 28.1 Å². The molecule has 8 nitrogen and oxygen atoms in total. The van der Waals surface area contributed by atoms with Crippen molar-refractivity contribution in [3.63, 3.8) is 0 Å². The molecule has 0 aliphatic carbocycles. The molecule has 132 valence electrons. The number of amidine groups is 1. The predicted octanol–water partition coefficient (Wildman–Crippen LogP) is 2.38. The average molecular weight is 361 g/mol. The second-order valence-corrected chi connectivity index (χ2v) is 7.13. The van der Waals surface area contributed by atoms with Gasteiger partial charge in [-0.3, -0.25) is 14.9 Å². The average Bonchev–Trinajstić information content (AvgIpc) is 3.01. The van der Waals surface area contributed by atoms with Crippen LogP contribution in [-0.2, 0) is 4.79 Å². The Morgan fingerprint density at radius 2 is 2.16 bits per heavy atom. The molecule has 2 aliphatic heterocycles. The molecule has 1 aromatic rings. The van der Waals surface area contributed by atoms with Crippen LogP contribution >= 0.6 is 11.8 Å². The van der Waals surface area contributed by atoms with Crippen molar-refractivity contribution in [2.75, 3.05) is 23.7 Å². The molecule has 3 rings (SSSR count). The number of carbonyl (C=O) groups excluding carboxylic acids is 1. The number of hydrogen-bond donors (Lipinski definition) is 1. The van der Waals surface area contributed by atoms with Gasteiger partial charge < -0.3 is 10.2 Å². The number of hydrogen-bond acceptors (Lipinski definition) is 7. The van der Waals surface area contributed by atoms with Crippen LogP contribution in [0.25, 0.3) is 0 Å². The Labute approximate surface area is 149 Å². The SMILES string of the molecule is CC1CCN(c2ccc(C=N/N=C3\NC(=O)CS3)cc2[N+](=O)[O-])CC1. The highest BCUT2D eigenvalue weighted by Crippen LogP contribution is 2.32. The summed E-state index contributed by atoms with van der Waals surface area (Å²) in [6.07, 6.45) is 3.54. The second kappa shape index (κ2) is 7.64. The van der Waals surface area contributed by atoms with Crippen molar-refractivity contribution < 1.29 is 9.72 Å². The molecule has 0 atom stereocenters. The Morgan fingerprint density at radius 3 is 2.80 bits per heavy atom. The van der Waals surface area contributed by atoms with E-state index in [4.69, 9.17) is 0 Å². The number of nitrogens with zero attached hydrogens (tertiary/aromatic N) is 4. The smallest absolute Gasteiger partial charge is 0.293 e. The van der Waals surface area contributed by atoms with Crippen molar-refractivity contribution in [3.05, 3.63) is 33.9 Å². The summed E-state index contributed by atoms with van der Waals surface area (Å²) >= 11 is 1.28. The zero-order valence-electron chi connectivity index (χ0n) is 13.8. The number of nitro benzene ring substituents is 1. The maximum absolute atomic E-state index is 11.5. The first kappa shape index (κ1) is 17.4. The van der Waals surface area contributed by atoms with E-state index in [9.17, 15) is 14.9 Å². The summed E-state index contributed by atoms with van der Waals surface area (Å²) in [5.41, 5.74) is 1.33. The summed E-state index contributed by atoms with van der Waals surface area (Å²) in [5, 5.41) is 22.3. The summed E-state index contributed by atoms with van der Waals surface area (Å²) < 4.78 is 0. The number of nitro groups is 1. The minimum absolute atomic E-state index is 0.0784. The summed E-state index contributed by atoms with van der Waals surface area (Å²) in [5.74, 6) is 0.896. The van der Waals surface area contributed by atoms with E-state index in [-0.39, 0.29) is 16.5 Å². The van der Waals surface area contributed by atoms with Gasteiger partial charge in [-0.15, -0.1) is 5.10 Å². The van der Waals surface area contributed by atoms with Crippen LogP contribution in [0.15, 0.2) is 28.4 Å². The normalized spacial score (nSPS) is 20.4. The highest BCUT2D eigenvalue weighted by atomic mass is 32.2. The third-order valence-corrected chi connectivity index (χ3v) is 5.13. The van der Waals surface area contributed by atoms with Crippen molar-refractivity contribution in [1.82, 2.24) is 5.32 Å². The quantitative estimate of drug-likeness (QED) is 0.504. The summed E-state index contributed by atoms with van der Waals surface area (Å²) in [6, 6.07) is 5.08. The van der Waals surface area contributed by atoms with E-state index in [0.717, 1.165) is 25.9 Å². The number of benzene rings is 1. The lowest BCUT2D eigenvalue weighted by Gasteiger charge is -2.31. The molecule has 0 aromatic heterocycles. The number of amides is 1. The molecule has 9 heteroatoms. The molecular weight excluding hydrogens is 342 g/mol. The van der Waals surface area contributed by atoms with Crippen molar-refractivity contribution in [1.29, 1.82) is 0 Å². The predicted molar refractivity (Wildman–Crippen MR) is 99.3 cm³/mol. The van der Waals surface area contributed by atoms with E-state index in [2.05, 4.69) is 27.3 Å². The number of thioether (sulfide) groups is 1. The Kier molecular flexibility index (Phi) is 5.32. The highest BCUT2D eigenvalue weighted by molar-refractivity contribution is 8.15. The fourth-order valence-electron chi connectivity index (χ4n) is 2.81. The fourth-order valence-corrected chi connectivity index (χ4v) is 3.44. The van der Waals surface area contributed by atoms with Gasteiger partial charge in [-0.2, -0.15) is 5.10 Å². The Bertz CT molecular complexity index is 741. The summed E-state index contributed by atoms with van der Waals surface area (Å²) in [6.45, 7) is 3.87. The molecule has 2 fully saturated rings. The Morgan fingerprint density at radius 1 is 1.40 bits per heavy atom. The lowest BCUT2D eigenvalue weighted by molar-refractivity contribution is -0.384. The van der Waals surface area contributed by atoms with E-state index in [1.807, 2.05) is 0 Å². The molecule has 0 saturated carbocycles. The van der Waals surface area contributed by atoms with E-state index in [1.54, 1.807) is 12.1 Å². The molecule has 2 aliphatic rings. The molecule has 1 aromatic carbocycles. The third-order valence-electron chi connectivity index (χ3n) is 4.26. The minimum Gasteiger partial charge on any atom is -0.366 e. The molecule has 25 heavy (non-hydrogen) atoms. The highest BCUT2D eigenvalue weighted by Gasteiger charge is 2.23. The molecule has 0 radical (unpaired) electrons. The lowest BCUT2D eigenvalue weighted by atomic mass is 9.98. The second-order valence-electron chi connectivity index (χ2n) is 6.16. The monoisotopic (exact) mass is 361 g/mol. The van der Waals surface area contributed by atoms with Gasteiger partial charge in [0.15, 0.2) is 5.17 Å². The Balaban J connectivity index is 1.77. The molecule has 1 amide bonds. The maximum atomic E-state index is 11.5. The van der Waals surface area contributed by atoms with Crippen LogP contribution in [0, 0.1) is 16.0 Å². The van der Waals surface area contributed by atoms with Gasteiger partial charge in [0, 0.05) is 24.7 Å². The third kappa shape index (κ3) is 4.36.